The number of furan rings is 1. The Bertz CT molecular complexity index is 2060. The van der Waals surface area contributed by atoms with Crippen LogP contribution in [0.3, 0.4) is 0 Å². The Morgan fingerprint density at radius 2 is 1.61 bits per heavy atom. The Morgan fingerprint density at radius 3 is 2.33 bits per heavy atom. The third-order valence-electron chi connectivity index (χ3n) is 9.91. The van der Waals surface area contributed by atoms with E-state index in [1.165, 1.54) is 54.0 Å². The molecule has 2 aromatic carbocycles. The molecule has 4 nitrogen and oxygen atoms in total. The van der Waals surface area contributed by atoms with Crippen molar-refractivity contribution in [2.45, 2.75) is 105 Å². The molecule has 6 heteroatoms. The molecule has 0 aliphatic heterocycles. The first-order valence-electron chi connectivity index (χ1n) is 18.5. The number of rotatable bonds is 7. The van der Waals surface area contributed by atoms with Crippen molar-refractivity contribution in [3.05, 3.63) is 108 Å². The molecule has 0 amide bonds. The third kappa shape index (κ3) is 9.52. The fraction of sp³-hybridized carbons (Fsp3) is 0.400. The van der Waals surface area contributed by atoms with Gasteiger partial charge in [-0.2, -0.15) is 0 Å². The first kappa shape index (κ1) is 38.8. The Morgan fingerprint density at radius 1 is 0.843 bits per heavy atom. The maximum atomic E-state index is 6.05. The van der Waals surface area contributed by atoms with E-state index >= 15 is 0 Å². The molecule has 0 bridgehead atoms. The van der Waals surface area contributed by atoms with Crippen LogP contribution in [-0.4, -0.2) is 23.0 Å². The van der Waals surface area contributed by atoms with Gasteiger partial charge in [0.2, 0.25) is 5.71 Å². The van der Waals surface area contributed by atoms with Gasteiger partial charge in [-0.1, -0.05) is 121 Å². The molecule has 7 rings (SSSR count). The summed E-state index contributed by atoms with van der Waals surface area (Å²) in [5.41, 5.74) is 9.82. The van der Waals surface area contributed by atoms with E-state index in [-0.39, 0.29) is 25.5 Å². The van der Waals surface area contributed by atoms with Gasteiger partial charge in [0.05, 0.1) is 13.7 Å². The molecule has 6 aromatic rings. The SMILES string of the molecule is CC(C)Cc1cc(-c2[c-]ccc(C(C)(C)C)c2)ncc1[Si](C)(C)C.[Ir].[c-]1ccc2c(oc3ncccc32)c1-c1cc(CC2CCCCC2)ccn1. The molecular formula is C45H53IrN3OSi-2. The molecule has 0 atom stereocenters. The van der Waals surface area contributed by atoms with Crippen LogP contribution in [0.1, 0.15) is 83.4 Å². The van der Waals surface area contributed by atoms with Crippen LogP contribution in [0.15, 0.2) is 83.7 Å². The predicted molar refractivity (Wildman–Crippen MR) is 213 cm³/mol. The minimum Gasteiger partial charge on any atom is -0.486 e. The molecule has 1 radical (unpaired) electrons. The van der Waals surface area contributed by atoms with Gasteiger partial charge >= 0.3 is 0 Å². The number of benzene rings is 2. The van der Waals surface area contributed by atoms with E-state index in [0.717, 1.165) is 57.6 Å². The van der Waals surface area contributed by atoms with Crippen molar-refractivity contribution < 1.29 is 24.5 Å². The van der Waals surface area contributed by atoms with Crippen molar-refractivity contribution in [1.82, 2.24) is 15.0 Å². The maximum absolute atomic E-state index is 6.05. The Labute approximate surface area is 320 Å². The van der Waals surface area contributed by atoms with Gasteiger partial charge in [0.15, 0.2) is 0 Å². The summed E-state index contributed by atoms with van der Waals surface area (Å²) in [7, 11) is -1.38. The predicted octanol–water partition coefficient (Wildman–Crippen LogP) is 11.6. The van der Waals surface area contributed by atoms with Gasteiger partial charge in [0.25, 0.3) is 0 Å². The molecule has 4 aromatic heterocycles. The molecule has 1 saturated carbocycles. The minimum absolute atomic E-state index is 0. The van der Waals surface area contributed by atoms with Crippen molar-refractivity contribution in [2.75, 3.05) is 0 Å². The Kier molecular flexibility index (Phi) is 12.5. The third-order valence-corrected chi connectivity index (χ3v) is 12.0. The summed E-state index contributed by atoms with van der Waals surface area (Å²) in [4.78, 5) is 13.8. The second kappa shape index (κ2) is 16.5. The van der Waals surface area contributed by atoms with Crippen LogP contribution >= 0.6 is 0 Å². The molecule has 0 saturated heterocycles. The van der Waals surface area contributed by atoms with Crippen molar-refractivity contribution in [1.29, 1.82) is 0 Å². The normalized spacial score (nSPS) is 14.0. The number of pyridine rings is 3. The van der Waals surface area contributed by atoms with E-state index < -0.39 is 8.07 Å². The Hall–Kier alpha value is -3.44. The van der Waals surface area contributed by atoms with Crippen LogP contribution in [0.5, 0.6) is 0 Å². The van der Waals surface area contributed by atoms with E-state index in [1.54, 1.807) is 6.20 Å². The van der Waals surface area contributed by atoms with E-state index in [1.807, 2.05) is 36.5 Å². The molecule has 0 unspecified atom stereocenters. The van der Waals surface area contributed by atoms with E-state index in [4.69, 9.17) is 9.40 Å². The standard InChI is InChI=1S/C23H21N2O.C22H32NSi.Ir/c1-2-6-16(7-3-1)14-17-11-13-24-21(15-17)20-9-4-8-18-19-10-5-12-25-23(19)26-22(18)20;1-16(2)12-18-14-20(23-15-21(18)24(6,7)8)17-10-9-11-19(13-17)22(3,4)5;/h4-5,8,10-13,15-16H,1-3,6-7,14H2;9,11,13-16H,12H2,1-8H3;/q2*-1;. The largest absolute Gasteiger partial charge is 0.486 e. The summed E-state index contributed by atoms with van der Waals surface area (Å²) < 4.78 is 6.05. The van der Waals surface area contributed by atoms with Crippen molar-refractivity contribution >= 4 is 35.3 Å². The van der Waals surface area contributed by atoms with E-state index in [9.17, 15) is 0 Å². The molecule has 1 aliphatic rings. The average molecular weight is 872 g/mol. The zero-order valence-electron chi connectivity index (χ0n) is 31.7. The minimum atomic E-state index is -1.38. The van der Waals surface area contributed by atoms with Gasteiger partial charge in [-0.3, -0.25) is 0 Å². The van der Waals surface area contributed by atoms with Crippen LogP contribution < -0.4 is 5.19 Å². The van der Waals surface area contributed by atoms with E-state index in [0.29, 0.717) is 11.6 Å². The van der Waals surface area contributed by atoms with Gasteiger partial charge < -0.3 is 14.4 Å². The molecule has 0 spiro atoms. The summed E-state index contributed by atoms with van der Waals surface area (Å²) >= 11 is 0. The van der Waals surface area contributed by atoms with Gasteiger partial charge in [-0.15, -0.1) is 53.6 Å². The van der Waals surface area contributed by atoms with Crippen LogP contribution in [0, 0.1) is 24.0 Å². The number of nitrogens with zero attached hydrogens (tertiary/aromatic N) is 3. The fourth-order valence-electron chi connectivity index (χ4n) is 7.24. The number of hydrogen-bond donors (Lipinski definition) is 0. The van der Waals surface area contributed by atoms with Crippen molar-refractivity contribution in [2.24, 2.45) is 11.8 Å². The molecule has 269 valence electrons. The zero-order valence-corrected chi connectivity index (χ0v) is 35.1. The summed E-state index contributed by atoms with van der Waals surface area (Å²) in [6.07, 6.45) is 14.9. The number of hydrogen-bond acceptors (Lipinski definition) is 4. The Balaban J connectivity index is 0.000000195. The molecule has 0 N–H and O–H groups in total. The summed E-state index contributed by atoms with van der Waals surface area (Å²) in [5, 5.41) is 3.60. The smallest absolute Gasteiger partial charge is 0.216 e. The molecule has 1 aliphatic carbocycles. The topological polar surface area (TPSA) is 51.8 Å². The maximum Gasteiger partial charge on any atom is 0.216 e. The monoisotopic (exact) mass is 872 g/mol. The van der Waals surface area contributed by atoms with Crippen molar-refractivity contribution in [3.63, 3.8) is 0 Å². The van der Waals surface area contributed by atoms with Crippen LogP contribution in [-0.2, 0) is 38.4 Å². The van der Waals surface area contributed by atoms with Crippen LogP contribution in [0.4, 0.5) is 0 Å². The second-order valence-corrected chi connectivity index (χ2v) is 21.7. The van der Waals surface area contributed by atoms with Crippen molar-refractivity contribution in [3.8, 4) is 22.5 Å². The summed E-state index contributed by atoms with van der Waals surface area (Å²) in [5.74, 6) is 1.47. The van der Waals surface area contributed by atoms with Gasteiger partial charge in [-0.05, 0) is 64.9 Å². The quantitative estimate of drug-likeness (QED) is 0.118. The summed E-state index contributed by atoms with van der Waals surface area (Å²) in [6.45, 7) is 18.5. The van der Waals surface area contributed by atoms with Gasteiger partial charge in [-0.25, -0.2) is 4.98 Å². The fourth-order valence-corrected chi connectivity index (χ4v) is 8.83. The van der Waals surface area contributed by atoms with Crippen LogP contribution in [0.2, 0.25) is 19.6 Å². The second-order valence-electron chi connectivity index (χ2n) is 16.6. The van der Waals surface area contributed by atoms with E-state index in [2.05, 4.69) is 113 Å². The first-order valence-corrected chi connectivity index (χ1v) is 22.0. The molecule has 4 heterocycles. The van der Waals surface area contributed by atoms with Crippen LogP contribution in [0.25, 0.3) is 44.6 Å². The summed E-state index contributed by atoms with van der Waals surface area (Å²) in [6, 6.07) is 27.8. The molecule has 51 heavy (non-hydrogen) atoms. The van der Waals surface area contributed by atoms with Gasteiger partial charge in [0, 0.05) is 44.1 Å². The number of aromatic nitrogens is 3. The molecule has 1 fully saturated rings. The first-order chi connectivity index (χ1) is 23.9. The average Bonchev–Trinajstić information content (AvgIpc) is 3.47. The zero-order chi connectivity index (χ0) is 35.5. The van der Waals surface area contributed by atoms with Gasteiger partial charge in [0.1, 0.15) is 0 Å². The number of fused-ring (bicyclic) bond motifs is 3. The molecular weight excluding hydrogens is 819 g/mol.